The third-order valence-electron chi connectivity index (χ3n) is 6.27. The van der Waals surface area contributed by atoms with Crippen LogP contribution < -0.4 is 9.47 Å². The fraction of sp³-hybridized carbons (Fsp3) is 0.308. The van der Waals surface area contributed by atoms with Crippen LogP contribution in [0.3, 0.4) is 0 Å². The molecule has 6 nitrogen and oxygen atoms in total. The fourth-order valence-corrected chi connectivity index (χ4v) is 6.05. The van der Waals surface area contributed by atoms with Crippen molar-refractivity contribution in [3.05, 3.63) is 79.5 Å². The van der Waals surface area contributed by atoms with Crippen molar-refractivity contribution >= 4 is 46.4 Å². The summed E-state index contributed by atoms with van der Waals surface area (Å²) < 4.78 is 10.8. The zero-order valence-electron chi connectivity index (χ0n) is 19.1. The molecule has 0 saturated heterocycles. The summed E-state index contributed by atoms with van der Waals surface area (Å²) in [7, 11) is 0. The van der Waals surface area contributed by atoms with Gasteiger partial charge in [0, 0.05) is 33.6 Å². The van der Waals surface area contributed by atoms with Crippen molar-refractivity contribution in [2.75, 3.05) is 26.4 Å². The topological polar surface area (TPSA) is 59.1 Å². The summed E-state index contributed by atoms with van der Waals surface area (Å²) in [6.45, 7) is 3.11. The number of thiophene rings is 1. The number of ether oxygens (including phenoxy) is 2. The molecule has 1 unspecified atom stereocenters. The fourth-order valence-electron chi connectivity index (χ4n) is 4.63. The third kappa shape index (κ3) is 4.73. The van der Waals surface area contributed by atoms with Crippen LogP contribution in [-0.2, 0) is 11.2 Å². The van der Waals surface area contributed by atoms with E-state index >= 15 is 0 Å². The van der Waals surface area contributed by atoms with Crippen molar-refractivity contribution in [2.24, 2.45) is 0 Å². The third-order valence-corrected chi connectivity index (χ3v) is 7.83. The van der Waals surface area contributed by atoms with E-state index in [4.69, 9.17) is 32.7 Å². The number of benzene rings is 2. The first-order valence-corrected chi connectivity index (χ1v) is 13.1. The first-order chi connectivity index (χ1) is 17.0. The van der Waals surface area contributed by atoms with E-state index in [2.05, 4.69) is 6.07 Å². The first kappa shape index (κ1) is 24.0. The molecule has 35 heavy (non-hydrogen) atoms. The van der Waals surface area contributed by atoms with E-state index in [0.717, 1.165) is 24.0 Å². The first-order valence-electron chi connectivity index (χ1n) is 11.5. The van der Waals surface area contributed by atoms with Crippen molar-refractivity contribution in [1.29, 1.82) is 0 Å². The molecule has 3 aromatic rings. The Bertz CT molecular complexity index is 1280. The molecule has 2 aliphatic heterocycles. The zero-order valence-corrected chi connectivity index (χ0v) is 21.5. The van der Waals surface area contributed by atoms with Crippen LogP contribution in [0.1, 0.15) is 45.7 Å². The quantitative estimate of drug-likeness (QED) is 0.403. The Morgan fingerprint density at radius 2 is 1.91 bits per heavy atom. The van der Waals surface area contributed by atoms with Crippen molar-refractivity contribution < 1.29 is 19.1 Å². The van der Waals surface area contributed by atoms with Gasteiger partial charge in [0.1, 0.15) is 6.54 Å². The van der Waals surface area contributed by atoms with Gasteiger partial charge >= 0.3 is 0 Å². The number of hydrogen-bond acceptors (Lipinski definition) is 5. The monoisotopic (exact) mass is 530 g/mol. The molecule has 0 radical (unpaired) electrons. The average Bonchev–Trinajstić information content (AvgIpc) is 3.52. The van der Waals surface area contributed by atoms with Gasteiger partial charge in [0.25, 0.3) is 5.91 Å². The lowest BCUT2D eigenvalue weighted by Gasteiger charge is -2.38. The van der Waals surface area contributed by atoms with Gasteiger partial charge in [-0.1, -0.05) is 36.2 Å². The molecule has 2 aliphatic rings. The van der Waals surface area contributed by atoms with Gasteiger partial charge in [0.15, 0.2) is 11.5 Å². The second-order valence-electron chi connectivity index (χ2n) is 8.50. The van der Waals surface area contributed by atoms with Crippen LogP contribution in [0.25, 0.3) is 0 Å². The minimum atomic E-state index is -0.327. The van der Waals surface area contributed by atoms with E-state index in [1.54, 1.807) is 46.6 Å². The number of fused-ring (bicyclic) bond motifs is 2. The second kappa shape index (κ2) is 10.1. The second-order valence-corrected chi connectivity index (χ2v) is 10.3. The lowest BCUT2D eigenvalue weighted by molar-refractivity contribution is -0.134. The molecule has 0 N–H and O–H groups in total. The Hall–Kier alpha value is -2.74. The predicted molar refractivity (Wildman–Crippen MR) is 137 cm³/mol. The molecule has 182 valence electrons. The lowest BCUT2D eigenvalue weighted by Crippen LogP contribution is -2.47. The normalized spacial score (nSPS) is 16.2. The van der Waals surface area contributed by atoms with E-state index < -0.39 is 0 Å². The van der Waals surface area contributed by atoms with Gasteiger partial charge in [-0.25, -0.2) is 0 Å². The largest absolute Gasteiger partial charge is 0.454 e. The van der Waals surface area contributed by atoms with Gasteiger partial charge in [-0.2, -0.15) is 0 Å². The molecule has 0 bridgehead atoms. The van der Waals surface area contributed by atoms with Crippen LogP contribution in [-0.4, -0.2) is 48.0 Å². The number of rotatable bonds is 6. The molecule has 5 rings (SSSR count). The predicted octanol–water partition coefficient (Wildman–Crippen LogP) is 5.81. The molecule has 1 aromatic heterocycles. The smallest absolute Gasteiger partial charge is 0.254 e. The van der Waals surface area contributed by atoms with Crippen molar-refractivity contribution in [1.82, 2.24) is 9.80 Å². The van der Waals surface area contributed by atoms with Crippen LogP contribution in [0.2, 0.25) is 10.0 Å². The summed E-state index contributed by atoms with van der Waals surface area (Å²) in [5, 5.41) is 3.10. The summed E-state index contributed by atoms with van der Waals surface area (Å²) in [6, 6.07) is 12.2. The number of hydrogen-bond donors (Lipinski definition) is 0. The maximum Gasteiger partial charge on any atom is 0.254 e. The van der Waals surface area contributed by atoms with Crippen LogP contribution in [0.4, 0.5) is 0 Å². The summed E-state index contributed by atoms with van der Waals surface area (Å²) >= 11 is 14.4. The van der Waals surface area contributed by atoms with Crippen LogP contribution in [0.5, 0.6) is 11.5 Å². The minimum Gasteiger partial charge on any atom is -0.454 e. The summed E-state index contributed by atoms with van der Waals surface area (Å²) in [5.41, 5.74) is 2.36. The number of nitrogens with zero attached hydrogens (tertiary/aromatic N) is 2. The van der Waals surface area contributed by atoms with Gasteiger partial charge in [-0.15, -0.1) is 11.3 Å². The molecular weight excluding hydrogens is 507 g/mol. The molecule has 2 aromatic carbocycles. The van der Waals surface area contributed by atoms with Crippen molar-refractivity contribution in [3.8, 4) is 11.5 Å². The zero-order chi connectivity index (χ0) is 24.5. The highest BCUT2D eigenvalue weighted by atomic mass is 35.5. The molecule has 9 heteroatoms. The van der Waals surface area contributed by atoms with E-state index in [1.165, 1.54) is 4.88 Å². The van der Waals surface area contributed by atoms with Crippen LogP contribution in [0.15, 0.2) is 47.8 Å². The molecule has 0 saturated carbocycles. The highest BCUT2D eigenvalue weighted by molar-refractivity contribution is 7.10. The summed E-state index contributed by atoms with van der Waals surface area (Å²) in [5.74, 6) is 0.813. The van der Waals surface area contributed by atoms with E-state index in [-0.39, 0.29) is 31.2 Å². The molecule has 2 amide bonds. The highest BCUT2D eigenvalue weighted by Crippen LogP contribution is 2.41. The molecule has 1 atom stereocenters. The summed E-state index contributed by atoms with van der Waals surface area (Å²) in [4.78, 5) is 31.8. The molecular formula is C26H24Cl2N2O4S. The standard InChI is InChI=1S/C26H24Cl2N2O4S/c1-2-9-29(26(32)16-3-6-21-22(12-16)34-15-33-21)14-24(31)30-10-7-23-19(8-11-35-23)25(30)18-5-4-17(27)13-20(18)28/h3-6,8,11-13,25H,2,7,9-10,14-15H2,1H3. The Morgan fingerprint density at radius 3 is 2.71 bits per heavy atom. The lowest BCUT2D eigenvalue weighted by atomic mass is 9.93. The number of carbonyl (C=O) groups is 2. The van der Waals surface area contributed by atoms with Crippen LogP contribution in [0, 0.1) is 0 Å². The van der Waals surface area contributed by atoms with E-state index in [1.807, 2.05) is 23.3 Å². The van der Waals surface area contributed by atoms with Crippen LogP contribution >= 0.6 is 34.5 Å². The van der Waals surface area contributed by atoms with Gasteiger partial charge < -0.3 is 19.3 Å². The van der Waals surface area contributed by atoms with Crippen molar-refractivity contribution in [2.45, 2.75) is 25.8 Å². The highest BCUT2D eigenvalue weighted by Gasteiger charge is 2.35. The molecule has 0 fully saturated rings. The number of halogens is 2. The van der Waals surface area contributed by atoms with E-state index in [9.17, 15) is 9.59 Å². The summed E-state index contributed by atoms with van der Waals surface area (Å²) in [6.07, 6.45) is 1.50. The Labute approximate surface area is 218 Å². The molecule has 0 aliphatic carbocycles. The number of carbonyl (C=O) groups excluding carboxylic acids is 2. The molecule has 0 spiro atoms. The van der Waals surface area contributed by atoms with Gasteiger partial charge in [0.2, 0.25) is 12.7 Å². The van der Waals surface area contributed by atoms with Crippen molar-refractivity contribution in [3.63, 3.8) is 0 Å². The average molecular weight is 531 g/mol. The maximum absolute atomic E-state index is 13.7. The Balaban J connectivity index is 1.42. The molecule has 3 heterocycles. The SMILES string of the molecule is CCCN(CC(=O)N1CCc2sccc2C1c1ccc(Cl)cc1Cl)C(=O)c1ccc2c(c1)OCO2. The maximum atomic E-state index is 13.7. The van der Waals surface area contributed by atoms with Gasteiger partial charge in [-0.3, -0.25) is 9.59 Å². The van der Waals surface area contributed by atoms with E-state index in [0.29, 0.717) is 40.2 Å². The Morgan fingerprint density at radius 1 is 1.09 bits per heavy atom. The van der Waals surface area contributed by atoms with Gasteiger partial charge in [0.05, 0.1) is 6.04 Å². The minimum absolute atomic E-state index is 0.0255. The number of amides is 2. The van der Waals surface area contributed by atoms with Gasteiger partial charge in [-0.05, 0) is 65.7 Å². The Kier molecular flexibility index (Phi) is 6.91.